The second-order valence-corrected chi connectivity index (χ2v) is 10.1. The van der Waals surface area contributed by atoms with Gasteiger partial charge in [-0.15, -0.1) is 0 Å². The normalized spacial score (nSPS) is 16.6. The monoisotopic (exact) mass is 430 g/mol. The van der Waals surface area contributed by atoms with Gasteiger partial charge in [-0.05, 0) is 5.56 Å². The number of quaternary nitrogens is 1. The molecule has 1 saturated heterocycles. The Balaban J connectivity index is 1.51. The topological polar surface area (TPSA) is 74.3 Å². The van der Waals surface area contributed by atoms with E-state index in [1.807, 2.05) is 48.5 Å². The van der Waals surface area contributed by atoms with E-state index >= 15 is 0 Å². The molecular formula is C23H32N3O3S+. The summed E-state index contributed by atoms with van der Waals surface area (Å²) in [6.45, 7) is 6.29. The molecule has 30 heavy (non-hydrogen) atoms. The average molecular weight is 431 g/mol. The molecule has 0 radical (unpaired) electrons. The third-order valence-electron chi connectivity index (χ3n) is 5.63. The van der Waals surface area contributed by atoms with Crippen LogP contribution in [0.4, 0.5) is 0 Å². The molecule has 1 atom stereocenters. The minimum Gasteiger partial charge on any atom is -0.335 e. The summed E-state index contributed by atoms with van der Waals surface area (Å²) in [5.41, 5.74) is 2.00. The number of sulfonamides is 1. The molecule has 0 unspecified atom stereocenters. The summed E-state index contributed by atoms with van der Waals surface area (Å²) in [4.78, 5) is 14.5. The van der Waals surface area contributed by atoms with E-state index in [4.69, 9.17) is 0 Å². The van der Waals surface area contributed by atoms with Crippen LogP contribution in [-0.2, 0) is 20.6 Å². The van der Waals surface area contributed by atoms with Gasteiger partial charge in [-0.25, -0.2) is 8.42 Å². The summed E-state index contributed by atoms with van der Waals surface area (Å²) in [5.74, 6) is 0.472. The van der Waals surface area contributed by atoms with Crippen molar-refractivity contribution in [1.82, 2.24) is 9.21 Å². The van der Waals surface area contributed by atoms with Crippen LogP contribution in [0.25, 0.3) is 0 Å². The number of hydrogen-bond acceptors (Lipinski definition) is 3. The van der Waals surface area contributed by atoms with Crippen LogP contribution in [0.2, 0.25) is 0 Å². The second kappa shape index (κ2) is 10.2. The number of benzene rings is 2. The first-order chi connectivity index (χ1) is 14.4. The first-order valence-corrected chi connectivity index (χ1v) is 12.2. The number of rotatable bonds is 8. The first-order valence-electron chi connectivity index (χ1n) is 10.5. The Kier molecular flexibility index (Phi) is 7.64. The fourth-order valence-electron chi connectivity index (χ4n) is 3.92. The fraction of sp³-hybridized carbons (Fsp3) is 0.435. The van der Waals surface area contributed by atoms with Crippen LogP contribution in [0.15, 0.2) is 60.7 Å². The second-order valence-electron chi connectivity index (χ2n) is 8.14. The summed E-state index contributed by atoms with van der Waals surface area (Å²) in [7, 11) is -3.37. The molecule has 2 aromatic rings. The van der Waals surface area contributed by atoms with Crippen LogP contribution in [0.3, 0.4) is 0 Å². The van der Waals surface area contributed by atoms with E-state index in [0.29, 0.717) is 38.6 Å². The van der Waals surface area contributed by atoms with Crippen LogP contribution >= 0.6 is 0 Å². The fourth-order valence-corrected chi connectivity index (χ4v) is 5.43. The Hall–Kier alpha value is -2.22. The standard InChI is InChI=1S/C23H31N3O3S/c1-19(2)23(21-11-7-4-8-12-21)24-17-22(27)25-13-15-26(16-14-25)30(28,29)18-20-9-5-3-6-10-20/h3-12,19,23-24H,13-18H2,1-2H3/p+1/t23-/m1/s1. The van der Waals surface area contributed by atoms with Gasteiger partial charge >= 0.3 is 0 Å². The molecule has 0 spiro atoms. The van der Waals surface area contributed by atoms with Crippen molar-refractivity contribution in [2.24, 2.45) is 5.92 Å². The molecule has 1 heterocycles. The van der Waals surface area contributed by atoms with Crippen LogP contribution in [0.5, 0.6) is 0 Å². The lowest BCUT2D eigenvalue weighted by Gasteiger charge is -2.34. The van der Waals surface area contributed by atoms with E-state index in [9.17, 15) is 13.2 Å². The number of nitrogens with two attached hydrogens (primary N) is 1. The highest BCUT2D eigenvalue weighted by Gasteiger charge is 2.30. The van der Waals surface area contributed by atoms with Gasteiger partial charge in [0.05, 0.1) is 5.75 Å². The highest BCUT2D eigenvalue weighted by atomic mass is 32.2. The molecule has 0 aromatic heterocycles. The van der Waals surface area contributed by atoms with E-state index in [-0.39, 0.29) is 17.7 Å². The van der Waals surface area contributed by atoms with Crippen molar-refractivity contribution in [3.63, 3.8) is 0 Å². The van der Waals surface area contributed by atoms with Crippen molar-refractivity contribution in [2.75, 3.05) is 32.7 Å². The molecule has 3 rings (SSSR count). The molecular weight excluding hydrogens is 398 g/mol. The maximum Gasteiger partial charge on any atom is 0.277 e. The number of amides is 1. The number of carbonyl (C=O) groups excluding carboxylic acids is 1. The largest absolute Gasteiger partial charge is 0.335 e. The molecule has 0 aliphatic carbocycles. The molecule has 7 heteroatoms. The average Bonchev–Trinajstić information content (AvgIpc) is 2.75. The van der Waals surface area contributed by atoms with E-state index in [0.717, 1.165) is 5.56 Å². The molecule has 2 aromatic carbocycles. The number of hydrogen-bond donors (Lipinski definition) is 1. The van der Waals surface area contributed by atoms with Crippen molar-refractivity contribution in [3.8, 4) is 0 Å². The van der Waals surface area contributed by atoms with Gasteiger partial charge in [-0.1, -0.05) is 74.5 Å². The molecule has 0 saturated carbocycles. The lowest BCUT2D eigenvalue weighted by Crippen LogP contribution is -2.88. The van der Waals surface area contributed by atoms with Crippen molar-refractivity contribution in [1.29, 1.82) is 0 Å². The van der Waals surface area contributed by atoms with Gasteiger partial charge < -0.3 is 10.2 Å². The van der Waals surface area contributed by atoms with E-state index in [1.165, 1.54) is 9.87 Å². The molecule has 1 aliphatic rings. The van der Waals surface area contributed by atoms with Crippen molar-refractivity contribution in [3.05, 3.63) is 71.8 Å². The Morgan fingerprint density at radius 3 is 2.07 bits per heavy atom. The molecule has 0 bridgehead atoms. The Morgan fingerprint density at radius 2 is 1.50 bits per heavy atom. The van der Waals surface area contributed by atoms with Gasteiger partial charge in [0.2, 0.25) is 10.0 Å². The van der Waals surface area contributed by atoms with Crippen LogP contribution in [0, 0.1) is 5.92 Å². The van der Waals surface area contributed by atoms with Gasteiger partial charge in [0.1, 0.15) is 6.04 Å². The molecule has 1 amide bonds. The summed E-state index contributed by atoms with van der Waals surface area (Å²) in [6.07, 6.45) is 0. The minimum atomic E-state index is -3.37. The molecule has 162 valence electrons. The summed E-state index contributed by atoms with van der Waals surface area (Å²) in [5, 5.41) is 2.10. The van der Waals surface area contributed by atoms with Gasteiger partial charge in [-0.3, -0.25) is 4.79 Å². The van der Waals surface area contributed by atoms with Gasteiger partial charge in [0.15, 0.2) is 6.54 Å². The van der Waals surface area contributed by atoms with Gasteiger partial charge in [0, 0.05) is 37.7 Å². The van der Waals surface area contributed by atoms with Crippen LogP contribution in [0.1, 0.15) is 31.0 Å². The van der Waals surface area contributed by atoms with Crippen molar-refractivity contribution < 1.29 is 18.5 Å². The lowest BCUT2D eigenvalue weighted by atomic mass is 9.96. The SMILES string of the molecule is CC(C)[C@@H]([NH2+]CC(=O)N1CCN(S(=O)(=O)Cc2ccccc2)CC1)c1ccccc1. The molecule has 6 nitrogen and oxygen atoms in total. The van der Waals surface area contributed by atoms with Crippen molar-refractivity contribution >= 4 is 15.9 Å². The predicted octanol–water partition coefficient (Wildman–Crippen LogP) is 1.62. The highest BCUT2D eigenvalue weighted by molar-refractivity contribution is 7.88. The van der Waals surface area contributed by atoms with Gasteiger partial charge in [-0.2, -0.15) is 4.31 Å². The summed E-state index contributed by atoms with van der Waals surface area (Å²) in [6, 6.07) is 19.7. The zero-order chi connectivity index (χ0) is 21.6. The lowest BCUT2D eigenvalue weighted by molar-refractivity contribution is -0.692. The van der Waals surface area contributed by atoms with Crippen molar-refractivity contribution in [2.45, 2.75) is 25.6 Å². The van der Waals surface area contributed by atoms with Crippen LogP contribution in [-0.4, -0.2) is 56.3 Å². The van der Waals surface area contributed by atoms with E-state index in [2.05, 4.69) is 31.3 Å². The third-order valence-corrected chi connectivity index (χ3v) is 7.48. The van der Waals surface area contributed by atoms with Crippen LogP contribution < -0.4 is 5.32 Å². The smallest absolute Gasteiger partial charge is 0.277 e. The Bertz CT molecular complexity index is 909. The summed E-state index contributed by atoms with van der Waals surface area (Å²) < 4.78 is 26.9. The molecule has 1 aliphatic heterocycles. The number of nitrogens with zero attached hydrogens (tertiary/aromatic N) is 2. The zero-order valence-electron chi connectivity index (χ0n) is 17.8. The highest BCUT2D eigenvalue weighted by Crippen LogP contribution is 2.17. The number of carbonyl (C=O) groups is 1. The van der Waals surface area contributed by atoms with E-state index in [1.54, 1.807) is 4.90 Å². The molecule has 2 N–H and O–H groups in total. The molecule has 1 fully saturated rings. The maximum absolute atomic E-state index is 12.7. The minimum absolute atomic E-state index is 0.00269. The maximum atomic E-state index is 12.7. The third kappa shape index (κ3) is 5.90. The van der Waals surface area contributed by atoms with E-state index < -0.39 is 10.0 Å². The Morgan fingerprint density at radius 1 is 0.933 bits per heavy atom. The van der Waals surface area contributed by atoms with Gasteiger partial charge in [0.25, 0.3) is 5.91 Å². The predicted molar refractivity (Wildman–Crippen MR) is 118 cm³/mol. The first kappa shape index (κ1) is 22.5. The quantitative estimate of drug-likeness (QED) is 0.692. The Labute approximate surface area is 179 Å². The number of piperazine rings is 1. The zero-order valence-corrected chi connectivity index (χ0v) is 18.6. The summed E-state index contributed by atoms with van der Waals surface area (Å²) >= 11 is 0.